The first-order valence-corrected chi connectivity index (χ1v) is 8.70. The number of hydrogen-bond acceptors (Lipinski definition) is 3. The third-order valence-corrected chi connectivity index (χ3v) is 3.99. The zero-order valence-electron chi connectivity index (χ0n) is 16.0. The molecule has 2 N–H and O–H groups in total. The minimum Gasteiger partial charge on any atom is -0.481 e. The van der Waals surface area contributed by atoms with Crippen LogP contribution >= 0.6 is 24.0 Å². The summed E-state index contributed by atoms with van der Waals surface area (Å²) >= 11 is 0. The summed E-state index contributed by atoms with van der Waals surface area (Å²) in [5.41, 5.74) is 3.66. The number of aryl methyl sites for hydroxylation is 1. The quantitative estimate of drug-likeness (QED) is 0.368. The molecule has 6 heteroatoms. The van der Waals surface area contributed by atoms with Gasteiger partial charge in [0.15, 0.2) is 5.96 Å². The molecule has 2 rings (SSSR count). The Kier molecular flexibility index (Phi) is 10.0. The highest BCUT2D eigenvalue weighted by molar-refractivity contribution is 14.0. The Bertz CT molecular complexity index is 671. The number of aromatic nitrogens is 1. The Hall–Kier alpha value is -1.83. The Labute approximate surface area is 173 Å². The summed E-state index contributed by atoms with van der Waals surface area (Å²) in [5.74, 6) is 1.84. The van der Waals surface area contributed by atoms with E-state index in [1.54, 1.807) is 13.3 Å². The number of ether oxygens (including phenoxy) is 1. The first kappa shape index (κ1) is 22.2. The monoisotopic (exact) mass is 468 g/mol. The van der Waals surface area contributed by atoms with Gasteiger partial charge in [-0.15, -0.1) is 24.0 Å². The summed E-state index contributed by atoms with van der Waals surface area (Å²) < 4.78 is 5.08. The minimum absolute atomic E-state index is 0. The van der Waals surface area contributed by atoms with Crippen molar-refractivity contribution in [2.75, 3.05) is 20.2 Å². The molecule has 1 atom stereocenters. The van der Waals surface area contributed by atoms with E-state index in [0.717, 1.165) is 24.6 Å². The topological polar surface area (TPSA) is 58.5 Å². The maximum absolute atomic E-state index is 5.08. The van der Waals surface area contributed by atoms with Gasteiger partial charge in [-0.05, 0) is 30.9 Å². The minimum atomic E-state index is 0. The van der Waals surface area contributed by atoms with Crippen LogP contribution in [0.4, 0.5) is 0 Å². The van der Waals surface area contributed by atoms with Gasteiger partial charge in [0, 0.05) is 25.4 Å². The van der Waals surface area contributed by atoms with E-state index < -0.39 is 0 Å². The zero-order valence-corrected chi connectivity index (χ0v) is 18.3. The predicted molar refractivity (Wildman–Crippen MR) is 119 cm³/mol. The molecule has 0 amide bonds. The molecule has 0 saturated heterocycles. The van der Waals surface area contributed by atoms with E-state index in [4.69, 9.17) is 4.74 Å². The number of nitrogens with one attached hydrogen (secondary N) is 2. The van der Waals surface area contributed by atoms with Gasteiger partial charge < -0.3 is 15.4 Å². The van der Waals surface area contributed by atoms with Crippen LogP contribution in [0.25, 0.3) is 0 Å². The van der Waals surface area contributed by atoms with E-state index in [2.05, 4.69) is 65.6 Å². The fraction of sp³-hybridized carbons (Fsp3) is 0.400. The van der Waals surface area contributed by atoms with E-state index in [-0.39, 0.29) is 24.0 Å². The lowest BCUT2D eigenvalue weighted by Crippen LogP contribution is -2.39. The van der Waals surface area contributed by atoms with Crippen molar-refractivity contribution in [2.45, 2.75) is 33.2 Å². The molecule has 1 heterocycles. The highest BCUT2D eigenvalue weighted by Crippen LogP contribution is 2.14. The van der Waals surface area contributed by atoms with Crippen LogP contribution in [-0.2, 0) is 6.54 Å². The lowest BCUT2D eigenvalue weighted by atomic mass is 10.0. The molecule has 0 aliphatic heterocycles. The van der Waals surface area contributed by atoms with Crippen LogP contribution in [0.3, 0.4) is 0 Å². The molecule has 0 fully saturated rings. The number of benzene rings is 1. The lowest BCUT2D eigenvalue weighted by molar-refractivity contribution is 0.397. The molecule has 0 aliphatic rings. The number of hydrogen-bond donors (Lipinski definition) is 2. The molecule has 0 aliphatic carbocycles. The van der Waals surface area contributed by atoms with Crippen molar-refractivity contribution >= 4 is 29.9 Å². The number of halogens is 1. The van der Waals surface area contributed by atoms with Crippen LogP contribution in [0.2, 0.25) is 0 Å². The van der Waals surface area contributed by atoms with Crippen molar-refractivity contribution in [3.05, 3.63) is 59.3 Å². The van der Waals surface area contributed by atoms with Gasteiger partial charge in [0.2, 0.25) is 5.88 Å². The van der Waals surface area contributed by atoms with Crippen molar-refractivity contribution in [3.8, 4) is 5.88 Å². The molecule has 1 unspecified atom stereocenters. The molecule has 0 radical (unpaired) electrons. The lowest BCUT2D eigenvalue weighted by Gasteiger charge is -2.16. The number of guanidine groups is 1. The molecule has 0 saturated carbocycles. The Balaban J connectivity index is 0.00000338. The molecular formula is C20H29IN4O. The maximum Gasteiger partial charge on any atom is 0.212 e. The second-order valence-electron chi connectivity index (χ2n) is 6.10. The van der Waals surface area contributed by atoms with E-state index in [1.165, 1.54) is 11.1 Å². The number of nitrogens with zero attached hydrogens (tertiary/aromatic N) is 2. The van der Waals surface area contributed by atoms with Crippen LogP contribution in [0.1, 0.15) is 36.5 Å². The first-order chi connectivity index (χ1) is 12.1. The summed E-state index contributed by atoms with van der Waals surface area (Å²) in [4.78, 5) is 8.84. The third kappa shape index (κ3) is 7.19. The fourth-order valence-electron chi connectivity index (χ4n) is 2.40. The van der Waals surface area contributed by atoms with E-state index >= 15 is 0 Å². The summed E-state index contributed by atoms with van der Waals surface area (Å²) in [6.45, 7) is 8.62. The van der Waals surface area contributed by atoms with Crippen molar-refractivity contribution in [3.63, 3.8) is 0 Å². The number of aliphatic imine (C=N–C) groups is 1. The normalized spacial score (nSPS) is 12.1. The van der Waals surface area contributed by atoms with Gasteiger partial charge in [0.25, 0.3) is 0 Å². The number of methoxy groups -OCH3 is 1. The largest absolute Gasteiger partial charge is 0.481 e. The van der Waals surface area contributed by atoms with Crippen LogP contribution in [0, 0.1) is 6.92 Å². The second-order valence-corrected chi connectivity index (χ2v) is 6.10. The number of pyridine rings is 1. The predicted octanol–water partition coefficient (Wildman–Crippen LogP) is 3.88. The van der Waals surface area contributed by atoms with Gasteiger partial charge in [0.05, 0.1) is 13.7 Å². The van der Waals surface area contributed by atoms with Crippen molar-refractivity contribution < 1.29 is 4.74 Å². The summed E-state index contributed by atoms with van der Waals surface area (Å²) in [6, 6.07) is 12.5. The maximum atomic E-state index is 5.08. The van der Waals surface area contributed by atoms with E-state index in [9.17, 15) is 0 Å². The van der Waals surface area contributed by atoms with Gasteiger partial charge in [-0.1, -0.05) is 42.8 Å². The summed E-state index contributed by atoms with van der Waals surface area (Å²) in [6.07, 6.45) is 1.79. The molecule has 5 nitrogen and oxygen atoms in total. The van der Waals surface area contributed by atoms with Gasteiger partial charge in [0.1, 0.15) is 0 Å². The molecule has 142 valence electrons. The third-order valence-electron chi connectivity index (χ3n) is 3.99. The summed E-state index contributed by atoms with van der Waals surface area (Å²) in [5, 5.41) is 6.71. The van der Waals surface area contributed by atoms with Gasteiger partial charge in [-0.3, -0.25) is 0 Å². The van der Waals surface area contributed by atoms with E-state index in [0.29, 0.717) is 18.3 Å². The second kappa shape index (κ2) is 11.7. The first-order valence-electron chi connectivity index (χ1n) is 8.70. The highest BCUT2D eigenvalue weighted by Gasteiger charge is 2.06. The van der Waals surface area contributed by atoms with Crippen molar-refractivity contribution in [1.82, 2.24) is 15.6 Å². The van der Waals surface area contributed by atoms with Gasteiger partial charge in [-0.25, -0.2) is 9.98 Å². The van der Waals surface area contributed by atoms with Crippen molar-refractivity contribution in [2.24, 2.45) is 4.99 Å². The fourth-order valence-corrected chi connectivity index (χ4v) is 2.40. The molecule has 1 aromatic heterocycles. The van der Waals surface area contributed by atoms with E-state index in [1.807, 2.05) is 12.1 Å². The molecule has 26 heavy (non-hydrogen) atoms. The Morgan fingerprint density at radius 3 is 2.46 bits per heavy atom. The van der Waals surface area contributed by atoms with Gasteiger partial charge in [-0.2, -0.15) is 0 Å². The molecule has 2 aromatic rings. The molecule has 0 bridgehead atoms. The Morgan fingerprint density at radius 2 is 1.88 bits per heavy atom. The SMILES string of the molecule is CCNC(=NCc1ccc(OC)nc1)NCC(C)c1ccc(C)cc1.I. The average molecular weight is 468 g/mol. The van der Waals surface area contributed by atoms with Crippen LogP contribution in [-0.4, -0.2) is 31.1 Å². The number of rotatable bonds is 7. The molecule has 0 spiro atoms. The van der Waals surface area contributed by atoms with Crippen LogP contribution in [0.5, 0.6) is 5.88 Å². The molecular weight excluding hydrogens is 439 g/mol. The Morgan fingerprint density at radius 1 is 1.15 bits per heavy atom. The zero-order chi connectivity index (χ0) is 18.1. The standard InChI is InChI=1S/C20H28N4O.HI/c1-5-21-20(24-14-17-8-11-19(25-4)22-13-17)23-12-16(3)18-9-6-15(2)7-10-18;/h6-11,13,16H,5,12,14H2,1-4H3,(H2,21,23,24);1H. The smallest absolute Gasteiger partial charge is 0.212 e. The van der Waals surface area contributed by atoms with Crippen molar-refractivity contribution in [1.29, 1.82) is 0 Å². The van der Waals surface area contributed by atoms with Gasteiger partial charge >= 0.3 is 0 Å². The summed E-state index contributed by atoms with van der Waals surface area (Å²) in [7, 11) is 1.61. The average Bonchev–Trinajstić information content (AvgIpc) is 2.64. The molecule has 1 aromatic carbocycles. The highest BCUT2D eigenvalue weighted by atomic mass is 127. The van der Waals surface area contributed by atoms with Crippen LogP contribution < -0.4 is 15.4 Å². The van der Waals surface area contributed by atoms with Crippen LogP contribution in [0.15, 0.2) is 47.6 Å².